The summed E-state index contributed by atoms with van der Waals surface area (Å²) in [6.45, 7) is 1.88. The summed E-state index contributed by atoms with van der Waals surface area (Å²) in [5.74, 6) is -0.00201. The number of carbonyl (C=O) groups excluding carboxylic acids is 1. The number of pyridine rings is 1. The van der Waals surface area contributed by atoms with E-state index in [2.05, 4.69) is 21.5 Å². The summed E-state index contributed by atoms with van der Waals surface area (Å²) in [4.78, 5) is 30.0. The number of rotatable bonds is 7. The number of thioether (sulfide) groups is 1. The Morgan fingerprint density at radius 3 is 2.59 bits per heavy atom. The average molecular weight is 490 g/mol. The number of H-pyrrole nitrogens is 1. The molecule has 1 amide bonds. The topological polar surface area (TPSA) is 104 Å². The number of halogens is 1. The fourth-order valence-corrected chi connectivity index (χ4v) is 4.42. The van der Waals surface area contributed by atoms with E-state index < -0.39 is 5.25 Å². The van der Waals surface area contributed by atoms with Crippen LogP contribution >= 0.6 is 23.4 Å². The number of aromatic nitrogens is 3. The first-order chi connectivity index (χ1) is 16.5. The van der Waals surface area contributed by atoms with E-state index in [1.165, 1.54) is 22.5 Å². The van der Waals surface area contributed by atoms with Crippen LogP contribution in [0.25, 0.3) is 16.9 Å². The molecular weight excluding hydrogens is 470 g/mol. The number of para-hydroxylation sites is 1. The molecule has 2 N–H and O–H groups in total. The fraction of sp³-hybridized carbons (Fsp3) is 0.120. The monoisotopic (exact) mass is 489 g/mol. The van der Waals surface area contributed by atoms with E-state index in [1.54, 1.807) is 36.4 Å². The molecule has 2 heterocycles. The Morgan fingerprint density at radius 2 is 1.91 bits per heavy atom. The van der Waals surface area contributed by atoms with Crippen molar-refractivity contribution in [1.29, 1.82) is 5.26 Å². The number of aromatic amines is 1. The first-order valence-corrected chi connectivity index (χ1v) is 11.8. The van der Waals surface area contributed by atoms with E-state index in [9.17, 15) is 14.9 Å². The third-order valence-electron chi connectivity index (χ3n) is 5.03. The van der Waals surface area contributed by atoms with Gasteiger partial charge in [-0.3, -0.25) is 14.7 Å². The van der Waals surface area contributed by atoms with Crippen molar-refractivity contribution in [2.24, 2.45) is 0 Å². The zero-order chi connectivity index (χ0) is 24.1. The lowest BCUT2D eigenvalue weighted by atomic mass is 10.1. The number of nitrogens with zero attached hydrogens (tertiary/aromatic N) is 3. The molecule has 0 spiro atoms. The lowest BCUT2D eigenvalue weighted by Crippen LogP contribution is -2.25. The van der Waals surface area contributed by atoms with Crippen molar-refractivity contribution in [2.75, 3.05) is 5.32 Å². The molecule has 34 heavy (non-hydrogen) atoms. The first-order valence-electron chi connectivity index (χ1n) is 10.5. The second kappa shape index (κ2) is 10.4. The van der Waals surface area contributed by atoms with Gasteiger partial charge in [0, 0.05) is 16.7 Å². The Labute approximate surface area is 205 Å². The van der Waals surface area contributed by atoms with Gasteiger partial charge in [0.2, 0.25) is 5.91 Å². The minimum atomic E-state index is -0.524. The van der Waals surface area contributed by atoms with Crippen LogP contribution in [0.15, 0.2) is 82.6 Å². The number of anilines is 1. The molecule has 2 aromatic heterocycles. The average Bonchev–Trinajstić information content (AvgIpc) is 3.23. The van der Waals surface area contributed by atoms with E-state index in [4.69, 9.17) is 11.6 Å². The molecule has 7 nitrogen and oxygen atoms in total. The maximum atomic E-state index is 13.0. The smallest absolute Gasteiger partial charge is 0.273 e. The molecule has 2 aromatic carbocycles. The summed E-state index contributed by atoms with van der Waals surface area (Å²) in [7, 11) is 0. The van der Waals surface area contributed by atoms with Crippen LogP contribution in [0, 0.1) is 11.3 Å². The molecule has 0 aliphatic carbocycles. The lowest BCUT2D eigenvalue weighted by molar-refractivity contribution is -0.115. The second-order valence-electron chi connectivity index (χ2n) is 7.35. The summed E-state index contributed by atoms with van der Waals surface area (Å²) in [6, 6.07) is 23.3. The fourth-order valence-electron chi connectivity index (χ4n) is 3.30. The highest BCUT2D eigenvalue weighted by molar-refractivity contribution is 8.00. The van der Waals surface area contributed by atoms with Gasteiger partial charge in [-0.05, 0) is 42.8 Å². The molecular formula is C25H20ClN5O2S. The molecule has 1 atom stereocenters. The molecule has 0 aliphatic rings. The number of hydrogen-bond donors (Lipinski definition) is 2. The number of hydrogen-bond acceptors (Lipinski definition) is 5. The van der Waals surface area contributed by atoms with Crippen LogP contribution in [-0.2, 0) is 4.79 Å². The molecule has 4 aromatic rings. The quantitative estimate of drug-likeness (QED) is 0.344. The van der Waals surface area contributed by atoms with Crippen molar-refractivity contribution in [2.45, 2.75) is 23.6 Å². The summed E-state index contributed by atoms with van der Waals surface area (Å²) in [5, 5.41) is 15.8. The van der Waals surface area contributed by atoms with E-state index in [1.807, 2.05) is 37.3 Å². The maximum absolute atomic E-state index is 13.0. The molecule has 0 saturated heterocycles. The number of nitrogens with one attached hydrogen (secondary N) is 2. The predicted octanol–water partition coefficient (Wildman–Crippen LogP) is 5.26. The molecule has 4 rings (SSSR count). The largest absolute Gasteiger partial charge is 0.310 e. The first kappa shape index (κ1) is 23.4. The SMILES string of the molecule is CCC(Sc1nc(-c2ccc(Cl)cc2)ccc1C#N)C(=O)Nc1cc(=O)n(-c2ccccc2)[nH]1. The Hall–Kier alpha value is -3.80. The van der Waals surface area contributed by atoms with Gasteiger partial charge in [-0.15, -0.1) is 0 Å². The van der Waals surface area contributed by atoms with Crippen LogP contribution in [0.4, 0.5) is 5.82 Å². The predicted molar refractivity (Wildman–Crippen MR) is 134 cm³/mol. The van der Waals surface area contributed by atoms with Crippen molar-refractivity contribution in [3.8, 4) is 23.0 Å². The van der Waals surface area contributed by atoms with Gasteiger partial charge >= 0.3 is 0 Å². The van der Waals surface area contributed by atoms with Crippen LogP contribution in [0.5, 0.6) is 0 Å². The van der Waals surface area contributed by atoms with Crippen LogP contribution in [0.1, 0.15) is 18.9 Å². The van der Waals surface area contributed by atoms with Crippen LogP contribution in [-0.4, -0.2) is 25.9 Å². The third kappa shape index (κ3) is 5.22. The molecule has 9 heteroatoms. The highest BCUT2D eigenvalue weighted by Gasteiger charge is 2.22. The molecule has 0 bridgehead atoms. The van der Waals surface area contributed by atoms with Crippen LogP contribution in [0.2, 0.25) is 5.02 Å². The van der Waals surface area contributed by atoms with Crippen molar-refractivity contribution >= 4 is 35.1 Å². The van der Waals surface area contributed by atoms with Crippen LogP contribution < -0.4 is 10.9 Å². The zero-order valence-electron chi connectivity index (χ0n) is 18.2. The number of amides is 1. The highest BCUT2D eigenvalue weighted by Crippen LogP contribution is 2.30. The highest BCUT2D eigenvalue weighted by atomic mass is 35.5. The lowest BCUT2D eigenvalue weighted by Gasteiger charge is -2.15. The van der Waals surface area contributed by atoms with Crippen molar-refractivity contribution in [3.05, 3.63) is 93.7 Å². The van der Waals surface area contributed by atoms with E-state index in [-0.39, 0.29) is 11.5 Å². The van der Waals surface area contributed by atoms with Crippen molar-refractivity contribution in [3.63, 3.8) is 0 Å². The van der Waals surface area contributed by atoms with Crippen molar-refractivity contribution < 1.29 is 4.79 Å². The van der Waals surface area contributed by atoms with Crippen LogP contribution in [0.3, 0.4) is 0 Å². The molecule has 0 fully saturated rings. The zero-order valence-corrected chi connectivity index (χ0v) is 19.7. The van der Waals surface area contributed by atoms with Gasteiger partial charge in [0.1, 0.15) is 16.9 Å². The summed E-state index contributed by atoms with van der Waals surface area (Å²) in [6.07, 6.45) is 0.498. The Balaban J connectivity index is 1.55. The minimum absolute atomic E-state index is 0.286. The van der Waals surface area contributed by atoms with E-state index >= 15 is 0 Å². The van der Waals surface area contributed by atoms with Gasteiger partial charge in [-0.2, -0.15) is 5.26 Å². The molecule has 170 valence electrons. The number of nitriles is 1. The van der Waals surface area contributed by atoms with Gasteiger partial charge < -0.3 is 5.32 Å². The van der Waals surface area contributed by atoms with Gasteiger partial charge in [0.15, 0.2) is 0 Å². The summed E-state index contributed by atoms with van der Waals surface area (Å²) in [5.41, 5.74) is 2.30. The minimum Gasteiger partial charge on any atom is -0.310 e. The molecule has 0 radical (unpaired) electrons. The maximum Gasteiger partial charge on any atom is 0.273 e. The van der Waals surface area contributed by atoms with Gasteiger partial charge in [-0.25, -0.2) is 9.67 Å². The Bertz CT molecular complexity index is 1410. The summed E-state index contributed by atoms with van der Waals surface area (Å²) < 4.78 is 1.36. The van der Waals surface area contributed by atoms with Gasteiger partial charge in [0.05, 0.1) is 22.2 Å². The molecule has 0 saturated carbocycles. The van der Waals surface area contributed by atoms with Gasteiger partial charge in [0.25, 0.3) is 5.56 Å². The Kier molecular flexibility index (Phi) is 7.16. The molecule has 1 unspecified atom stereocenters. The van der Waals surface area contributed by atoms with E-state index in [0.717, 1.165) is 5.56 Å². The van der Waals surface area contributed by atoms with E-state index in [0.29, 0.717) is 39.2 Å². The normalized spacial score (nSPS) is 11.6. The Morgan fingerprint density at radius 1 is 1.18 bits per heavy atom. The second-order valence-corrected chi connectivity index (χ2v) is 8.98. The van der Waals surface area contributed by atoms with Gasteiger partial charge in [-0.1, -0.05) is 60.6 Å². The molecule has 0 aliphatic heterocycles. The van der Waals surface area contributed by atoms with Crippen molar-refractivity contribution in [1.82, 2.24) is 14.8 Å². The number of benzene rings is 2. The third-order valence-corrected chi connectivity index (χ3v) is 6.65. The summed E-state index contributed by atoms with van der Waals surface area (Å²) >= 11 is 7.19. The number of carbonyl (C=O) groups is 1. The standard InChI is InChI=1S/C25H20ClN5O2S/c1-2-21(24(33)29-22-14-23(32)31(30-22)19-6-4-3-5-7-19)34-25-17(15-27)10-13-20(28-25)16-8-11-18(26)12-9-16/h3-14,21,30H,2H2,1H3,(H,29,33).